The van der Waals surface area contributed by atoms with Gasteiger partial charge in [0.1, 0.15) is 28.9 Å². The fourth-order valence-electron chi connectivity index (χ4n) is 4.49. The van der Waals surface area contributed by atoms with Gasteiger partial charge in [-0.15, -0.1) is 10.2 Å². The first-order valence-corrected chi connectivity index (χ1v) is 15.8. The zero-order valence-corrected chi connectivity index (χ0v) is 28.7. The van der Waals surface area contributed by atoms with Crippen LogP contribution in [0.1, 0.15) is 132 Å². The van der Waals surface area contributed by atoms with Crippen LogP contribution in [0.5, 0.6) is 0 Å². The summed E-state index contributed by atoms with van der Waals surface area (Å²) in [5.74, 6) is -0.0574. The molecule has 0 aliphatic carbocycles. The van der Waals surface area contributed by atoms with E-state index in [4.69, 9.17) is 18.6 Å². The van der Waals surface area contributed by atoms with Crippen LogP contribution in [0.4, 0.5) is 14.4 Å². The lowest BCUT2D eigenvalue weighted by atomic mass is 9.95. The molecule has 256 valence electrons. The van der Waals surface area contributed by atoms with Crippen molar-refractivity contribution in [1.82, 2.24) is 31.0 Å². The predicted molar refractivity (Wildman–Crippen MR) is 166 cm³/mol. The third-order valence-corrected chi connectivity index (χ3v) is 6.57. The summed E-state index contributed by atoms with van der Waals surface area (Å²) < 4.78 is 22.1. The van der Waals surface area contributed by atoms with E-state index in [2.05, 4.69) is 26.1 Å². The lowest BCUT2D eigenvalue weighted by Crippen LogP contribution is -2.45. The van der Waals surface area contributed by atoms with E-state index in [0.29, 0.717) is 58.2 Å². The molecule has 45 heavy (non-hydrogen) atoms. The molecule has 0 aromatic carbocycles. The first-order valence-electron chi connectivity index (χ1n) is 15.8. The van der Waals surface area contributed by atoms with Crippen LogP contribution in [0.2, 0.25) is 0 Å². The highest BCUT2D eigenvalue weighted by Crippen LogP contribution is 2.25. The number of nitrogens with one attached hydrogen (secondary N) is 3. The molecule has 2 heterocycles. The van der Waals surface area contributed by atoms with Gasteiger partial charge in [-0.3, -0.25) is 4.79 Å². The first-order chi connectivity index (χ1) is 20.8. The molecule has 14 heteroatoms. The Labute approximate surface area is 267 Å². The van der Waals surface area contributed by atoms with Crippen molar-refractivity contribution < 1.29 is 37.8 Å². The van der Waals surface area contributed by atoms with Gasteiger partial charge in [-0.2, -0.15) is 0 Å². The van der Waals surface area contributed by atoms with Crippen molar-refractivity contribution in [3.63, 3.8) is 0 Å². The van der Waals surface area contributed by atoms with Crippen LogP contribution in [0.15, 0.2) is 4.42 Å². The topological polar surface area (TPSA) is 174 Å². The second kappa shape index (κ2) is 16.1. The van der Waals surface area contributed by atoms with E-state index in [1.165, 1.54) is 0 Å². The fraction of sp³-hybridized carbons (Fsp3) is 0.806. The van der Waals surface area contributed by atoms with E-state index in [-0.39, 0.29) is 29.7 Å². The SMILES string of the molecule is CC[C@H](NC(=O)OC(C)(C)C)c1nnc([C@H](CCCCNC(=O)OC(C)(C)C)NC(=O)C2CCN(C(=O)OC(C)(C)C)CC2)o1. The quantitative estimate of drug-likeness (QED) is 0.206. The molecule has 4 amide bonds. The molecule has 0 unspecified atom stereocenters. The Balaban J connectivity index is 2.07. The van der Waals surface area contributed by atoms with Gasteiger partial charge < -0.3 is 39.5 Å². The van der Waals surface area contributed by atoms with E-state index in [0.717, 1.165) is 0 Å². The van der Waals surface area contributed by atoms with Crippen molar-refractivity contribution in [2.24, 2.45) is 5.92 Å². The predicted octanol–water partition coefficient (Wildman–Crippen LogP) is 5.54. The van der Waals surface area contributed by atoms with Crippen molar-refractivity contribution in [3.8, 4) is 0 Å². The highest BCUT2D eigenvalue weighted by atomic mass is 16.6. The van der Waals surface area contributed by atoms with Crippen LogP contribution in [0, 0.1) is 5.92 Å². The first kappa shape index (κ1) is 37.6. The van der Waals surface area contributed by atoms with Gasteiger partial charge in [0.15, 0.2) is 0 Å². The molecule has 3 N–H and O–H groups in total. The second-order valence-electron chi connectivity index (χ2n) is 14.3. The Bertz CT molecular complexity index is 1130. The van der Waals surface area contributed by atoms with Crippen LogP contribution >= 0.6 is 0 Å². The normalized spacial score (nSPS) is 15.9. The van der Waals surface area contributed by atoms with Gasteiger partial charge >= 0.3 is 18.3 Å². The van der Waals surface area contributed by atoms with Crippen molar-refractivity contribution in [2.45, 2.75) is 137 Å². The van der Waals surface area contributed by atoms with Crippen LogP contribution in [-0.4, -0.2) is 75.7 Å². The van der Waals surface area contributed by atoms with E-state index < -0.39 is 41.1 Å². The molecule has 1 aliphatic rings. The number of carbonyl (C=O) groups is 4. The fourth-order valence-corrected chi connectivity index (χ4v) is 4.49. The summed E-state index contributed by atoms with van der Waals surface area (Å²) in [6.45, 7) is 19.2. The van der Waals surface area contributed by atoms with Gasteiger partial charge in [-0.25, -0.2) is 14.4 Å². The molecule has 1 saturated heterocycles. The van der Waals surface area contributed by atoms with E-state index >= 15 is 0 Å². The number of amides is 4. The van der Waals surface area contributed by atoms with Gasteiger partial charge in [0, 0.05) is 25.6 Å². The summed E-state index contributed by atoms with van der Waals surface area (Å²) in [5.41, 5.74) is -1.85. The van der Waals surface area contributed by atoms with Crippen molar-refractivity contribution in [2.75, 3.05) is 19.6 Å². The van der Waals surface area contributed by atoms with Crippen LogP contribution in [0.25, 0.3) is 0 Å². The van der Waals surface area contributed by atoms with Gasteiger partial charge in [0.25, 0.3) is 0 Å². The Hall–Kier alpha value is -3.58. The summed E-state index contributed by atoms with van der Waals surface area (Å²) in [6.07, 6.45) is 1.70. The summed E-state index contributed by atoms with van der Waals surface area (Å²) >= 11 is 0. The largest absolute Gasteiger partial charge is 0.444 e. The number of nitrogens with zero attached hydrogens (tertiary/aromatic N) is 3. The molecule has 0 bridgehead atoms. The Kier molecular flexibility index (Phi) is 13.5. The van der Waals surface area contributed by atoms with Crippen LogP contribution in [0.3, 0.4) is 0 Å². The zero-order valence-electron chi connectivity index (χ0n) is 28.7. The number of rotatable bonds is 11. The number of likely N-dealkylation sites (tertiary alicyclic amines) is 1. The maximum absolute atomic E-state index is 13.4. The van der Waals surface area contributed by atoms with Gasteiger partial charge in [-0.05, 0) is 101 Å². The molecular weight excluding hydrogens is 584 g/mol. The van der Waals surface area contributed by atoms with Crippen molar-refractivity contribution in [1.29, 1.82) is 0 Å². The highest BCUT2D eigenvalue weighted by Gasteiger charge is 2.32. The molecule has 14 nitrogen and oxygen atoms in total. The molecule has 1 fully saturated rings. The lowest BCUT2D eigenvalue weighted by molar-refractivity contribution is -0.127. The number of unbranched alkanes of at least 4 members (excludes halogenated alkanes) is 1. The molecule has 2 atom stereocenters. The minimum atomic E-state index is -0.668. The van der Waals surface area contributed by atoms with E-state index in [1.54, 1.807) is 46.4 Å². The molecular formula is C31H54N6O8. The standard InChI is InChI=1S/C31H54N6O8/c1-11-21(34-27(40)44-30(5,6)7)24-35-36-25(42-24)22(14-12-13-17-32-26(39)43-29(2,3)4)33-23(38)20-15-18-37(19-16-20)28(41)45-31(8,9)10/h20-22H,11-19H2,1-10H3,(H,32,39)(H,33,38)(H,34,40)/t21-,22-/m0/s1. The van der Waals surface area contributed by atoms with Crippen LogP contribution in [-0.2, 0) is 19.0 Å². The number of carbonyl (C=O) groups excluding carboxylic acids is 4. The smallest absolute Gasteiger partial charge is 0.410 e. The number of ether oxygens (including phenoxy) is 3. The molecule has 0 spiro atoms. The minimum Gasteiger partial charge on any atom is -0.444 e. The number of piperidine rings is 1. The summed E-state index contributed by atoms with van der Waals surface area (Å²) in [7, 11) is 0. The van der Waals surface area contributed by atoms with Crippen molar-refractivity contribution >= 4 is 24.2 Å². The monoisotopic (exact) mass is 638 g/mol. The van der Waals surface area contributed by atoms with Gasteiger partial charge in [-0.1, -0.05) is 6.92 Å². The molecule has 1 aromatic rings. The molecule has 0 radical (unpaired) electrons. The highest BCUT2D eigenvalue weighted by molar-refractivity contribution is 5.79. The van der Waals surface area contributed by atoms with E-state index in [9.17, 15) is 19.2 Å². The summed E-state index contributed by atoms with van der Waals surface area (Å²) in [4.78, 5) is 51.8. The van der Waals surface area contributed by atoms with Crippen LogP contribution < -0.4 is 16.0 Å². The number of alkyl carbamates (subject to hydrolysis) is 2. The summed E-state index contributed by atoms with van der Waals surface area (Å²) in [6, 6.07) is -1.17. The van der Waals surface area contributed by atoms with Crippen molar-refractivity contribution in [3.05, 3.63) is 11.8 Å². The lowest BCUT2D eigenvalue weighted by Gasteiger charge is -2.33. The zero-order chi connectivity index (χ0) is 34.0. The minimum absolute atomic E-state index is 0.172. The number of aromatic nitrogens is 2. The average Bonchev–Trinajstić information content (AvgIpc) is 3.38. The van der Waals surface area contributed by atoms with Gasteiger partial charge in [0.05, 0.1) is 0 Å². The Morgan fingerprint density at radius 1 is 0.800 bits per heavy atom. The Morgan fingerprint density at radius 2 is 1.33 bits per heavy atom. The third kappa shape index (κ3) is 14.4. The molecule has 0 saturated carbocycles. The Morgan fingerprint density at radius 3 is 1.87 bits per heavy atom. The molecule has 2 rings (SSSR count). The molecule has 1 aliphatic heterocycles. The summed E-state index contributed by atoms with van der Waals surface area (Å²) in [5, 5.41) is 16.9. The number of hydrogen-bond acceptors (Lipinski definition) is 10. The molecule has 1 aromatic heterocycles. The third-order valence-electron chi connectivity index (χ3n) is 6.57. The maximum Gasteiger partial charge on any atom is 0.410 e. The van der Waals surface area contributed by atoms with E-state index in [1.807, 2.05) is 27.7 Å². The van der Waals surface area contributed by atoms with Gasteiger partial charge in [0.2, 0.25) is 17.7 Å². The second-order valence-corrected chi connectivity index (χ2v) is 14.3. The average molecular weight is 639 g/mol. The number of hydrogen-bond donors (Lipinski definition) is 3. The maximum atomic E-state index is 13.4.